The van der Waals surface area contributed by atoms with Gasteiger partial charge in [-0.05, 0) is 29.8 Å². The van der Waals surface area contributed by atoms with Gasteiger partial charge in [0.1, 0.15) is 5.75 Å². The number of carbonyl (C=O) groups excluding carboxylic acids is 1. The molecule has 22 heavy (non-hydrogen) atoms. The zero-order chi connectivity index (χ0) is 15.8. The van der Waals surface area contributed by atoms with Crippen molar-refractivity contribution in [1.82, 2.24) is 10.9 Å². The van der Waals surface area contributed by atoms with Gasteiger partial charge in [0.05, 0.1) is 13.2 Å². The highest BCUT2D eigenvalue weighted by molar-refractivity contribution is 5.93. The Kier molecular flexibility index (Phi) is 5.58. The molecule has 1 amide bonds. The number of carbonyl (C=O) groups is 1. The number of hydrazine groups is 1. The van der Waals surface area contributed by atoms with Crippen LogP contribution in [0.2, 0.25) is 0 Å². The van der Waals surface area contributed by atoms with Crippen molar-refractivity contribution in [2.24, 2.45) is 0 Å². The molecule has 0 spiro atoms. The Morgan fingerprint density at radius 1 is 1.18 bits per heavy atom. The second-order valence-corrected chi connectivity index (χ2v) is 4.70. The SMILES string of the molecule is C#CCC(NNC(=O)c1ccccc1)c1ccc(OC)cc1. The van der Waals surface area contributed by atoms with Crippen LogP contribution in [-0.2, 0) is 0 Å². The Labute approximate surface area is 130 Å². The van der Waals surface area contributed by atoms with Gasteiger partial charge in [0, 0.05) is 12.0 Å². The summed E-state index contributed by atoms with van der Waals surface area (Å²) in [6, 6.07) is 16.4. The molecule has 0 fully saturated rings. The van der Waals surface area contributed by atoms with E-state index < -0.39 is 0 Å². The molecule has 2 aromatic carbocycles. The molecule has 0 aliphatic heterocycles. The molecule has 0 heterocycles. The zero-order valence-corrected chi connectivity index (χ0v) is 12.4. The van der Waals surface area contributed by atoms with Gasteiger partial charge >= 0.3 is 0 Å². The maximum Gasteiger partial charge on any atom is 0.265 e. The van der Waals surface area contributed by atoms with Crippen molar-refractivity contribution in [1.29, 1.82) is 0 Å². The summed E-state index contributed by atoms with van der Waals surface area (Å²) in [5, 5.41) is 0. The minimum atomic E-state index is -0.198. The summed E-state index contributed by atoms with van der Waals surface area (Å²) in [5.74, 6) is 3.19. The number of benzene rings is 2. The lowest BCUT2D eigenvalue weighted by molar-refractivity contribution is 0.0925. The summed E-state index contributed by atoms with van der Waals surface area (Å²) in [6.07, 6.45) is 5.87. The first-order valence-corrected chi connectivity index (χ1v) is 6.93. The number of amides is 1. The van der Waals surface area contributed by atoms with Gasteiger partial charge < -0.3 is 4.74 Å². The Hall–Kier alpha value is -2.77. The number of hydrogen-bond donors (Lipinski definition) is 2. The fourth-order valence-electron chi connectivity index (χ4n) is 2.02. The van der Waals surface area contributed by atoms with Gasteiger partial charge in [0.2, 0.25) is 0 Å². The van der Waals surface area contributed by atoms with Gasteiger partial charge in [0.25, 0.3) is 5.91 Å². The maximum atomic E-state index is 12.0. The minimum absolute atomic E-state index is 0.163. The largest absolute Gasteiger partial charge is 0.497 e. The highest BCUT2D eigenvalue weighted by atomic mass is 16.5. The molecule has 0 saturated heterocycles. The number of ether oxygens (including phenoxy) is 1. The summed E-state index contributed by atoms with van der Waals surface area (Å²) in [4.78, 5) is 12.0. The van der Waals surface area contributed by atoms with Gasteiger partial charge in [-0.2, -0.15) is 0 Å². The van der Waals surface area contributed by atoms with Crippen LogP contribution in [0, 0.1) is 12.3 Å². The number of nitrogens with one attached hydrogen (secondary N) is 2. The van der Waals surface area contributed by atoms with Crippen molar-refractivity contribution in [2.75, 3.05) is 7.11 Å². The van der Waals surface area contributed by atoms with Crippen LogP contribution < -0.4 is 15.6 Å². The van der Waals surface area contributed by atoms with E-state index in [2.05, 4.69) is 16.8 Å². The van der Waals surface area contributed by atoms with Crippen LogP contribution >= 0.6 is 0 Å². The van der Waals surface area contributed by atoms with Crippen LogP contribution in [0.5, 0.6) is 5.75 Å². The van der Waals surface area contributed by atoms with E-state index in [4.69, 9.17) is 11.2 Å². The Balaban J connectivity index is 2.02. The smallest absolute Gasteiger partial charge is 0.265 e. The van der Waals surface area contributed by atoms with E-state index in [0.717, 1.165) is 11.3 Å². The predicted octanol–water partition coefficient (Wildman–Crippen LogP) is 2.69. The first-order chi connectivity index (χ1) is 10.7. The Morgan fingerprint density at radius 3 is 2.45 bits per heavy atom. The molecule has 1 atom stereocenters. The lowest BCUT2D eigenvalue weighted by Gasteiger charge is -2.18. The molecule has 2 rings (SSSR count). The maximum absolute atomic E-state index is 12.0. The van der Waals surface area contributed by atoms with Crippen molar-refractivity contribution in [3.8, 4) is 18.1 Å². The summed E-state index contributed by atoms with van der Waals surface area (Å²) >= 11 is 0. The molecule has 0 saturated carbocycles. The molecule has 2 N–H and O–H groups in total. The van der Waals surface area contributed by atoms with Crippen LogP contribution in [0.15, 0.2) is 54.6 Å². The van der Waals surface area contributed by atoms with E-state index >= 15 is 0 Å². The monoisotopic (exact) mass is 294 g/mol. The van der Waals surface area contributed by atoms with Crippen molar-refractivity contribution in [2.45, 2.75) is 12.5 Å². The molecule has 1 unspecified atom stereocenters. The molecule has 0 bridgehead atoms. The van der Waals surface area contributed by atoms with Gasteiger partial charge in [-0.3, -0.25) is 10.2 Å². The van der Waals surface area contributed by atoms with E-state index in [1.165, 1.54) is 0 Å². The molecular weight excluding hydrogens is 276 g/mol. The van der Waals surface area contributed by atoms with Gasteiger partial charge in [-0.25, -0.2) is 5.43 Å². The van der Waals surface area contributed by atoms with Crippen molar-refractivity contribution < 1.29 is 9.53 Å². The zero-order valence-electron chi connectivity index (χ0n) is 12.4. The van der Waals surface area contributed by atoms with E-state index in [0.29, 0.717) is 12.0 Å². The molecule has 0 aliphatic carbocycles. The first kappa shape index (κ1) is 15.6. The van der Waals surface area contributed by atoms with Gasteiger partial charge in [0.15, 0.2) is 0 Å². The van der Waals surface area contributed by atoms with Crippen LogP contribution in [0.1, 0.15) is 28.4 Å². The van der Waals surface area contributed by atoms with Crippen LogP contribution in [0.4, 0.5) is 0 Å². The second-order valence-electron chi connectivity index (χ2n) is 4.70. The Morgan fingerprint density at radius 2 is 1.86 bits per heavy atom. The molecule has 112 valence electrons. The summed E-state index contributed by atoms with van der Waals surface area (Å²) in [6.45, 7) is 0. The molecule has 0 aliphatic rings. The molecular formula is C18H18N2O2. The van der Waals surface area contributed by atoms with Crippen molar-refractivity contribution in [3.63, 3.8) is 0 Å². The molecule has 4 heteroatoms. The van der Waals surface area contributed by atoms with Crippen LogP contribution in [0.25, 0.3) is 0 Å². The fraction of sp³-hybridized carbons (Fsp3) is 0.167. The van der Waals surface area contributed by atoms with Crippen LogP contribution in [0.3, 0.4) is 0 Å². The van der Waals surface area contributed by atoms with Crippen LogP contribution in [-0.4, -0.2) is 13.0 Å². The van der Waals surface area contributed by atoms with Crippen molar-refractivity contribution >= 4 is 5.91 Å². The second kappa shape index (κ2) is 7.87. The summed E-state index contributed by atoms with van der Waals surface area (Å²) < 4.78 is 5.13. The molecule has 0 radical (unpaired) electrons. The standard InChI is InChI=1S/C18H18N2O2/c1-3-7-17(14-10-12-16(22-2)13-11-14)19-20-18(21)15-8-5-4-6-9-15/h1,4-6,8-13,17,19H,7H2,2H3,(H,20,21). The molecule has 4 nitrogen and oxygen atoms in total. The summed E-state index contributed by atoms with van der Waals surface area (Å²) in [7, 11) is 1.62. The first-order valence-electron chi connectivity index (χ1n) is 6.93. The fourth-order valence-corrected chi connectivity index (χ4v) is 2.02. The third-order valence-electron chi connectivity index (χ3n) is 3.24. The number of hydrogen-bond acceptors (Lipinski definition) is 3. The van der Waals surface area contributed by atoms with Gasteiger partial charge in [-0.15, -0.1) is 12.3 Å². The summed E-state index contributed by atoms with van der Waals surface area (Å²) in [5.41, 5.74) is 7.25. The van der Waals surface area contributed by atoms with Crippen molar-refractivity contribution in [3.05, 3.63) is 65.7 Å². The third-order valence-corrected chi connectivity index (χ3v) is 3.24. The molecule has 2 aromatic rings. The molecule has 0 aromatic heterocycles. The quantitative estimate of drug-likeness (QED) is 0.636. The van der Waals surface area contributed by atoms with E-state index in [9.17, 15) is 4.79 Å². The number of rotatable bonds is 6. The van der Waals surface area contributed by atoms with Gasteiger partial charge in [-0.1, -0.05) is 30.3 Å². The predicted molar refractivity (Wildman–Crippen MR) is 86.2 cm³/mol. The number of methoxy groups -OCH3 is 1. The third kappa shape index (κ3) is 4.11. The number of terminal acetylenes is 1. The highest BCUT2D eigenvalue weighted by Crippen LogP contribution is 2.19. The van der Waals surface area contributed by atoms with E-state index in [-0.39, 0.29) is 11.9 Å². The lowest BCUT2D eigenvalue weighted by atomic mass is 10.0. The average molecular weight is 294 g/mol. The normalized spacial score (nSPS) is 11.3. The van der Waals surface area contributed by atoms with E-state index in [1.54, 1.807) is 19.2 Å². The Bertz CT molecular complexity index is 645. The topological polar surface area (TPSA) is 50.4 Å². The van der Waals surface area contributed by atoms with E-state index in [1.807, 2.05) is 42.5 Å². The lowest BCUT2D eigenvalue weighted by Crippen LogP contribution is -2.39. The highest BCUT2D eigenvalue weighted by Gasteiger charge is 2.12. The average Bonchev–Trinajstić information content (AvgIpc) is 2.59. The minimum Gasteiger partial charge on any atom is -0.497 e.